The summed E-state index contributed by atoms with van der Waals surface area (Å²) in [7, 11) is -4.68. The van der Waals surface area contributed by atoms with E-state index in [4.69, 9.17) is 9.29 Å². The molecule has 0 aliphatic heterocycles. The van der Waals surface area contributed by atoms with Crippen molar-refractivity contribution in [1.29, 1.82) is 0 Å². The van der Waals surface area contributed by atoms with Crippen LogP contribution in [0.5, 0.6) is 0 Å². The van der Waals surface area contributed by atoms with E-state index in [0.717, 1.165) is 12.1 Å². The minimum Gasteiger partial charge on any atom is -0.462 e. The molecule has 1 aromatic rings. The fourth-order valence-electron chi connectivity index (χ4n) is 1.45. The van der Waals surface area contributed by atoms with E-state index >= 15 is 0 Å². The van der Waals surface area contributed by atoms with Gasteiger partial charge in [0.1, 0.15) is 4.90 Å². The fraction of sp³-hybridized carbons (Fsp3) is 0.333. The molecule has 0 aromatic heterocycles. The van der Waals surface area contributed by atoms with Gasteiger partial charge < -0.3 is 9.47 Å². The van der Waals surface area contributed by atoms with Crippen molar-refractivity contribution >= 4 is 51.6 Å². The van der Waals surface area contributed by atoms with Crippen LogP contribution in [0.1, 0.15) is 34.6 Å². The van der Waals surface area contributed by atoms with Crippen LogP contribution in [0.25, 0.3) is 0 Å². The molecular formula is C12H14NaO7S. The zero-order valence-electron chi connectivity index (χ0n) is 12.0. The molecule has 0 aliphatic carbocycles. The summed E-state index contributed by atoms with van der Waals surface area (Å²) >= 11 is 0. The van der Waals surface area contributed by atoms with Crippen molar-refractivity contribution in [2.45, 2.75) is 18.7 Å². The summed E-state index contributed by atoms with van der Waals surface area (Å²) in [4.78, 5) is 22.4. The first-order valence-corrected chi connectivity index (χ1v) is 7.21. The van der Waals surface area contributed by atoms with E-state index in [1.165, 1.54) is 6.07 Å². The molecule has 0 fully saturated rings. The molecule has 0 bridgehead atoms. The van der Waals surface area contributed by atoms with Crippen molar-refractivity contribution < 1.29 is 32.0 Å². The van der Waals surface area contributed by atoms with E-state index in [1.807, 2.05) is 0 Å². The zero-order valence-corrected chi connectivity index (χ0v) is 14.8. The monoisotopic (exact) mass is 325 g/mol. The molecule has 0 amide bonds. The average molecular weight is 325 g/mol. The summed E-state index contributed by atoms with van der Waals surface area (Å²) in [5, 5.41) is 0. The summed E-state index contributed by atoms with van der Waals surface area (Å²) in [5.41, 5.74) is -0.435. The van der Waals surface area contributed by atoms with Gasteiger partial charge in [0.2, 0.25) is 0 Å². The standard InChI is InChI=1S/C12H14O7S.Na/c1-3-18-11(13)8-5-6-9(12(14)19-4-2)10(7-8)20(15,16)17;/h5-7H,3-4H2,1-2H3,(H,15,16,17);. The second-order valence-corrected chi connectivity index (χ2v) is 5.02. The Hall–Kier alpha value is -0.930. The van der Waals surface area contributed by atoms with Crippen LogP contribution in [0.3, 0.4) is 0 Å². The molecule has 1 rings (SSSR count). The van der Waals surface area contributed by atoms with Gasteiger partial charge in [0.05, 0.1) is 24.3 Å². The smallest absolute Gasteiger partial charge is 0.339 e. The number of carbonyl (C=O) groups excluding carboxylic acids is 2. The molecule has 1 aromatic carbocycles. The molecule has 1 N–H and O–H groups in total. The first-order valence-electron chi connectivity index (χ1n) is 5.77. The van der Waals surface area contributed by atoms with E-state index in [9.17, 15) is 18.0 Å². The Morgan fingerprint density at radius 1 is 1.10 bits per heavy atom. The molecule has 0 saturated carbocycles. The maximum absolute atomic E-state index is 11.6. The summed E-state index contributed by atoms with van der Waals surface area (Å²) in [5.74, 6) is -1.66. The normalized spacial score (nSPS) is 10.4. The molecule has 0 aliphatic rings. The quantitative estimate of drug-likeness (QED) is 0.487. The molecule has 0 unspecified atom stereocenters. The third-order valence-electron chi connectivity index (χ3n) is 2.27. The molecule has 111 valence electrons. The van der Waals surface area contributed by atoms with Crippen LogP contribution < -0.4 is 0 Å². The molecule has 21 heavy (non-hydrogen) atoms. The van der Waals surface area contributed by atoms with E-state index in [-0.39, 0.29) is 53.9 Å². The van der Waals surface area contributed by atoms with Gasteiger partial charge in [0.25, 0.3) is 10.1 Å². The van der Waals surface area contributed by atoms with Crippen LogP contribution >= 0.6 is 0 Å². The van der Waals surface area contributed by atoms with Crippen molar-refractivity contribution in [3.05, 3.63) is 29.3 Å². The molecule has 0 atom stereocenters. The predicted octanol–water partition coefficient (Wildman–Crippen LogP) is 0.906. The molecule has 0 saturated heterocycles. The largest absolute Gasteiger partial charge is 0.462 e. The van der Waals surface area contributed by atoms with Gasteiger partial charge in [0, 0.05) is 29.6 Å². The minimum absolute atomic E-state index is 0. The van der Waals surface area contributed by atoms with Crippen molar-refractivity contribution in [1.82, 2.24) is 0 Å². The Balaban J connectivity index is 0.00000400. The molecule has 0 heterocycles. The Kier molecular flexibility index (Phi) is 8.12. The van der Waals surface area contributed by atoms with Crippen LogP contribution in [0.15, 0.2) is 23.1 Å². The van der Waals surface area contributed by atoms with Crippen LogP contribution in [0.2, 0.25) is 0 Å². The average Bonchev–Trinajstić information content (AvgIpc) is 2.37. The second-order valence-electron chi connectivity index (χ2n) is 3.63. The molecular weight excluding hydrogens is 311 g/mol. The Morgan fingerprint density at radius 2 is 1.62 bits per heavy atom. The Labute approximate surface area is 144 Å². The number of hydrogen-bond donors (Lipinski definition) is 1. The van der Waals surface area contributed by atoms with Gasteiger partial charge in [-0.05, 0) is 32.0 Å². The minimum atomic E-state index is -4.68. The van der Waals surface area contributed by atoms with E-state index in [1.54, 1.807) is 13.8 Å². The SMILES string of the molecule is CCOC(=O)c1ccc(C(=O)OCC)c(S(=O)(=O)O)c1.[Na]. The van der Waals surface area contributed by atoms with Crippen LogP contribution in [0.4, 0.5) is 0 Å². The topological polar surface area (TPSA) is 107 Å². The summed E-state index contributed by atoms with van der Waals surface area (Å²) in [6.07, 6.45) is 0. The van der Waals surface area contributed by atoms with E-state index in [0.29, 0.717) is 0 Å². The van der Waals surface area contributed by atoms with E-state index < -0.39 is 27.0 Å². The van der Waals surface area contributed by atoms with Crippen molar-refractivity contribution in [2.75, 3.05) is 13.2 Å². The number of hydrogen-bond acceptors (Lipinski definition) is 6. The second kappa shape index (κ2) is 8.50. The number of esters is 2. The first kappa shape index (κ1) is 20.1. The van der Waals surface area contributed by atoms with Crippen LogP contribution in [-0.4, -0.2) is 67.7 Å². The molecule has 0 spiro atoms. The summed E-state index contributed by atoms with van der Waals surface area (Å²) < 4.78 is 41.1. The number of ether oxygens (including phenoxy) is 2. The Morgan fingerprint density at radius 3 is 2.10 bits per heavy atom. The van der Waals surface area contributed by atoms with Gasteiger partial charge in [-0.3, -0.25) is 4.55 Å². The van der Waals surface area contributed by atoms with Crippen LogP contribution in [-0.2, 0) is 19.6 Å². The fourth-order valence-corrected chi connectivity index (χ4v) is 2.16. The van der Waals surface area contributed by atoms with Crippen molar-refractivity contribution in [2.24, 2.45) is 0 Å². The van der Waals surface area contributed by atoms with Crippen molar-refractivity contribution in [3.63, 3.8) is 0 Å². The van der Waals surface area contributed by atoms with E-state index in [2.05, 4.69) is 4.74 Å². The number of rotatable bonds is 5. The third kappa shape index (κ3) is 5.40. The molecule has 9 heteroatoms. The van der Waals surface area contributed by atoms with Gasteiger partial charge >= 0.3 is 11.9 Å². The predicted molar refractivity (Wildman–Crippen MR) is 73.9 cm³/mol. The summed E-state index contributed by atoms with van der Waals surface area (Å²) in [6.45, 7) is 3.30. The van der Waals surface area contributed by atoms with Gasteiger partial charge in [-0.15, -0.1) is 0 Å². The third-order valence-corrected chi connectivity index (χ3v) is 3.16. The maximum Gasteiger partial charge on any atom is 0.339 e. The maximum atomic E-state index is 11.6. The molecule has 7 nitrogen and oxygen atoms in total. The zero-order chi connectivity index (χ0) is 15.3. The molecule has 1 radical (unpaired) electrons. The number of benzene rings is 1. The van der Waals surface area contributed by atoms with Crippen molar-refractivity contribution in [3.8, 4) is 0 Å². The number of carbonyl (C=O) groups is 2. The summed E-state index contributed by atoms with van der Waals surface area (Å²) in [6, 6.07) is 3.19. The van der Waals surface area contributed by atoms with Gasteiger partial charge in [0.15, 0.2) is 0 Å². The van der Waals surface area contributed by atoms with Gasteiger partial charge in [-0.2, -0.15) is 8.42 Å². The first-order chi connectivity index (χ1) is 9.31. The van der Waals surface area contributed by atoms with Crippen LogP contribution in [0, 0.1) is 0 Å². The van der Waals surface area contributed by atoms with Gasteiger partial charge in [-0.25, -0.2) is 9.59 Å². The Bertz CT molecular complexity index is 624. The van der Waals surface area contributed by atoms with Gasteiger partial charge in [-0.1, -0.05) is 0 Å².